The van der Waals surface area contributed by atoms with Gasteiger partial charge >= 0.3 is 0 Å². The molecule has 24 heavy (non-hydrogen) atoms. The average Bonchev–Trinajstić information content (AvgIpc) is 2.55. The van der Waals surface area contributed by atoms with Crippen LogP contribution in [0.1, 0.15) is 12.5 Å². The van der Waals surface area contributed by atoms with E-state index in [1.165, 1.54) is 5.56 Å². The monoisotopic (exact) mass is 321 g/mol. The molecule has 1 aliphatic rings. The van der Waals surface area contributed by atoms with Gasteiger partial charge in [0.05, 0.1) is 0 Å². The Morgan fingerprint density at radius 1 is 0.958 bits per heavy atom. The first-order valence-corrected chi connectivity index (χ1v) is 8.01. The topological polar surface area (TPSA) is 60.5 Å². The highest BCUT2D eigenvalue weighted by molar-refractivity contribution is 5.96. The standard InChI is InChI=1S/C19H23N5/c1-14-8-7-11-16(12-14)21-17-13-19(2,20-3)24-18(23-17)22-15-9-5-4-6-10-15/h4-13,20-21H,1-3H3,(H2,22,23,24). The van der Waals surface area contributed by atoms with E-state index in [1.807, 2.05) is 62.5 Å². The third-order valence-electron chi connectivity index (χ3n) is 3.86. The summed E-state index contributed by atoms with van der Waals surface area (Å²) in [5, 5.41) is 13.3. The molecule has 0 aromatic heterocycles. The fraction of sp³-hybridized carbons (Fsp3) is 0.211. The van der Waals surface area contributed by atoms with Gasteiger partial charge in [0.25, 0.3) is 0 Å². The van der Waals surface area contributed by atoms with Crippen molar-refractivity contribution in [1.29, 1.82) is 0 Å². The van der Waals surface area contributed by atoms with E-state index in [4.69, 9.17) is 4.99 Å². The van der Waals surface area contributed by atoms with Crippen LogP contribution in [0.25, 0.3) is 0 Å². The number of likely N-dealkylation sites (N-methyl/N-ethyl adjacent to an activating group) is 1. The zero-order chi connectivity index (χ0) is 17.0. The molecule has 0 saturated carbocycles. The number of nitrogens with one attached hydrogen (secondary N) is 4. The fourth-order valence-corrected chi connectivity index (χ4v) is 2.53. The summed E-state index contributed by atoms with van der Waals surface area (Å²) in [6.07, 6.45) is 2.03. The Kier molecular flexibility index (Phi) is 4.53. The van der Waals surface area contributed by atoms with E-state index in [-0.39, 0.29) is 0 Å². The summed E-state index contributed by atoms with van der Waals surface area (Å²) in [4.78, 5) is 4.70. The summed E-state index contributed by atoms with van der Waals surface area (Å²) in [7, 11) is 1.90. The molecule has 2 aromatic carbocycles. The van der Waals surface area contributed by atoms with E-state index in [9.17, 15) is 0 Å². The van der Waals surface area contributed by atoms with Gasteiger partial charge in [0.2, 0.25) is 5.96 Å². The van der Waals surface area contributed by atoms with Gasteiger partial charge in [-0.25, -0.2) is 4.99 Å². The number of hydrogen-bond acceptors (Lipinski definition) is 5. The molecule has 0 spiro atoms. The maximum Gasteiger partial charge on any atom is 0.203 e. The maximum atomic E-state index is 4.70. The summed E-state index contributed by atoms with van der Waals surface area (Å²) < 4.78 is 0. The lowest BCUT2D eigenvalue weighted by Gasteiger charge is -2.30. The van der Waals surface area contributed by atoms with Crippen molar-refractivity contribution in [2.24, 2.45) is 4.99 Å². The molecule has 5 nitrogen and oxygen atoms in total. The van der Waals surface area contributed by atoms with E-state index in [1.54, 1.807) is 0 Å². The van der Waals surface area contributed by atoms with Gasteiger partial charge in [-0.1, -0.05) is 30.3 Å². The van der Waals surface area contributed by atoms with Gasteiger partial charge in [-0.15, -0.1) is 0 Å². The fourth-order valence-electron chi connectivity index (χ4n) is 2.53. The molecule has 1 unspecified atom stereocenters. The molecule has 2 aromatic rings. The Bertz CT molecular complexity index is 766. The van der Waals surface area contributed by atoms with Crippen molar-refractivity contribution in [3.63, 3.8) is 0 Å². The van der Waals surface area contributed by atoms with Crippen LogP contribution in [0.15, 0.2) is 71.5 Å². The first-order valence-electron chi connectivity index (χ1n) is 8.01. The molecular formula is C19H23N5. The molecule has 0 aliphatic carbocycles. The van der Waals surface area contributed by atoms with Crippen LogP contribution in [0.5, 0.6) is 0 Å². The number of guanidine groups is 1. The Morgan fingerprint density at radius 3 is 2.42 bits per heavy atom. The van der Waals surface area contributed by atoms with E-state index < -0.39 is 5.66 Å². The molecule has 4 N–H and O–H groups in total. The minimum Gasteiger partial charge on any atom is -0.342 e. The summed E-state index contributed by atoms with van der Waals surface area (Å²) >= 11 is 0. The molecule has 3 rings (SSSR count). The van der Waals surface area contributed by atoms with Crippen molar-refractivity contribution in [3.8, 4) is 0 Å². The Morgan fingerprint density at radius 2 is 1.71 bits per heavy atom. The molecule has 124 valence electrons. The van der Waals surface area contributed by atoms with Crippen LogP contribution in [-0.4, -0.2) is 18.7 Å². The van der Waals surface area contributed by atoms with Crippen LogP contribution in [-0.2, 0) is 0 Å². The molecule has 0 amide bonds. The second-order valence-corrected chi connectivity index (χ2v) is 6.03. The zero-order valence-corrected chi connectivity index (χ0v) is 14.2. The number of benzene rings is 2. The molecular weight excluding hydrogens is 298 g/mol. The molecule has 1 heterocycles. The average molecular weight is 321 g/mol. The van der Waals surface area contributed by atoms with Gasteiger partial charge in [-0.2, -0.15) is 0 Å². The lowest BCUT2D eigenvalue weighted by Crippen LogP contribution is -2.47. The van der Waals surface area contributed by atoms with E-state index in [0.29, 0.717) is 5.96 Å². The van der Waals surface area contributed by atoms with Crippen LogP contribution < -0.4 is 21.3 Å². The number of rotatable bonds is 4. The number of nitrogens with zero attached hydrogens (tertiary/aromatic N) is 1. The third kappa shape index (κ3) is 3.94. The van der Waals surface area contributed by atoms with Crippen LogP contribution in [0.2, 0.25) is 0 Å². The molecule has 0 radical (unpaired) electrons. The summed E-state index contributed by atoms with van der Waals surface area (Å²) in [5.41, 5.74) is 2.74. The second kappa shape index (κ2) is 6.76. The molecule has 0 fully saturated rings. The van der Waals surface area contributed by atoms with Crippen LogP contribution in [0.3, 0.4) is 0 Å². The Labute approximate surface area is 142 Å². The maximum absolute atomic E-state index is 4.70. The zero-order valence-electron chi connectivity index (χ0n) is 14.2. The van der Waals surface area contributed by atoms with E-state index in [0.717, 1.165) is 17.2 Å². The quantitative estimate of drug-likeness (QED) is 0.698. The predicted octanol–water partition coefficient (Wildman–Crippen LogP) is 3.26. The number of hydrogen-bond donors (Lipinski definition) is 4. The van der Waals surface area contributed by atoms with Gasteiger partial charge in [0, 0.05) is 11.4 Å². The second-order valence-electron chi connectivity index (χ2n) is 6.03. The lowest BCUT2D eigenvalue weighted by atomic mass is 10.1. The van der Waals surface area contributed by atoms with Gasteiger partial charge in [-0.3, -0.25) is 5.32 Å². The van der Waals surface area contributed by atoms with E-state index >= 15 is 0 Å². The number of aliphatic imine (C=N–C) groups is 1. The van der Waals surface area contributed by atoms with Crippen molar-refractivity contribution in [3.05, 3.63) is 72.1 Å². The third-order valence-corrected chi connectivity index (χ3v) is 3.86. The Hall–Kier alpha value is -2.79. The predicted molar refractivity (Wildman–Crippen MR) is 101 cm³/mol. The van der Waals surface area contributed by atoms with Crippen LogP contribution >= 0.6 is 0 Å². The SMILES string of the molecule is CNC1(C)C=C(Nc2cccc(C)c2)NC(Nc2ccccc2)=N1. The number of aryl methyl sites for hydroxylation is 1. The smallest absolute Gasteiger partial charge is 0.203 e. The first kappa shape index (κ1) is 16.1. The number of para-hydroxylation sites is 1. The van der Waals surface area contributed by atoms with Crippen LogP contribution in [0.4, 0.5) is 11.4 Å². The van der Waals surface area contributed by atoms with Gasteiger partial charge in [0.15, 0.2) is 0 Å². The number of anilines is 2. The molecule has 1 aliphatic heterocycles. The van der Waals surface area contributed by atoms with Gasteiger partial charge in [0.1, 0.15) is 11.5 Å². The minimum atomic E-state index is -0.492. The summed E-state index contributed by atoms with van der Waals surface area (Å²) in [6, 6.07) is 18.3. The van der Waals surface area contributed by atoms with Crippen molar-refractivity contribution in [1.82, 2.24) is 10.6 Å². The normalized spacial score (nSPS) is 19.8. The van der Waals surface area contributed by atoms with E-state index in [2.05, 4.69) is 40.3 Å². The summed E-state index contributed by atoms with van der Waals surface area (Å²) in [6.45, 7) is 4.11. The summed E-state index contributed by atoms with van der Waals surface area (Å²) in [5.74, 6) is 1.57. The van der Waals surface area contributed by atoms with Gasteiger partial charge < -0.3 is 16.0 Å². The van der Waals surface area contributed by atoms with Crippen LogP contribution in [0, 0.1) is 6.92 Å². The Balaban J connectivity index is 1.80. The first-order chi connectivity index (χ1) is 11.6. The largest absolute Gasteiger partial charge is 0.342 e. The van der Waals surface area contributed by atoms with Crippen molar-refractivity contribution < 1.29 is 0 Å². The van der Waals surface area contributed by atoms with Gasteiger partial charge in [-0.05, 0) is 56.8 Å². The highest BCUT2D eigenvalue weighted by atomic mass is 15.3. The van der Waals surface area contributed by atoms with Crippen molar-refractivity contribution in [2.75, 3.05) is 17.7 Å². The molecule has 0 saturated heterocycles. The molecule has 0 bridgehead atoms. The highest BCUT2D eigenvalue weighted by Gasteiger charge is 2.25. The van der Waals surface area contributed by atoms with Crippen molar-refractivity contribution in [2.45, 2.75) is 19.5 Å². The lowest BCUT2D eigenvalue weighted by molar-refractivity contribution is 0.490. The molecule has 1 atom stereocenters. The molecule has 5 heteroatoms. The highest BCUT2D eigenvalue weighted by Crippen LogP contribution is 2.18. The van der Waals surface area contributed by atoms with Crippen molar-refractivity contribution >= 4 is 17.3 Å². The minimum absolute atomic E-state index is 0.492.